The molecule has 0 spiro atoms. The topological polar surface area (TPSA) is 78.9 Å². The van der Waals surface area contributed by atoms with Crippen LogP contribution in [0.15, 0.2) is 134 Å². The molecule has 1 unspecified atom stereocenters. The van der Waals surface area contributed by atoms with Gasteiger partial charge >= 0.3 is 17.9 Å². The van der Waals surface area contributed by atoms with E-state index in [2.05, 4.69) is 154 Å². The molecule has 0 fully saturated rings. The zero-order valence-electron chi connectivity index (χ0n) is 51.3. The Bertz CT molecular complexity index is 1680. The molecular formula is C73H120O6. The molecule has 79 heavy (non-hydrogen) atoms. The van der Waals surface area contributed by atoms with Gasteiger partial charge in [0.05, 0.1) is 0 Å². The second-order valence-electron chi connectivity index (χ2n) is 21.3. The highest BCUT2D eigenvalue weighted by Crippen LogP contribution is 2.14. The lowest BCUT2D eigenvalue weighted by Crippen LogP contribution is -2.30. The summed E-state index contributed by atoms with van der Waals surface area (Å²) in [7, 11) is 0. The van der Waals surface area contributed by atoms with Gasteiger partial charge in [0.2, 0.25) is 0 Å². The molecule has 6 nitrogen and oxygen atoms in total. The van der Waals surface area contributed by atoms with Crippen LogP contribution in [0.3, 0.4) is 0 Å². The Kier molecular flexibility index (Phi) is 62.3. The van der Waals surface area contributed by atoms with E-state index in [-0.39, 0.29) is 31.1 Å². The number of carbonyl (C=O) groups excluding carboxylic acids is 3. The van der Waals surface area contributed by atoms with Crippen LogP contribution in [0.25, 0.3) is 0 Å². The second-order valence-corrected chi connectivity index (χ2v) is 21.3. The third kappa shape index (κ3) is 64.3. The average Bonchev–Trinajstić information content (AvgIpc) is 3.45. The summed E-state index contributed by atoms with van der Waals surface area (Å²) >= 11 is 0. The van der Waals surface area contributed by atoms with Crippen LogP contribution < -0.4 is 0 Å². The number of ether oxygens (including phenoxy) is 3. The minimum Gasteiger partial charge on any atom is -0.462 e. The molecule has 0 aliphatic heterocycles. The number of hydrogen-bond acceptors (Lipinski definition) is 6. The van der Waals surface area contributed by atoms with Gasteiger partial charge in [-0.2, -0.15) is 0 Å². The van der Waals surface area contributed by atoms with Crippen LogP contribution in [0, 0.1) is 0 Å². The molecular weight excluding hydrogens is 973 g/mol. The standard InChI is InChI=1S/C73H120O6/c1-4-7-10-13-16-19-22-25-27-29-31-33-34-35-36-37-38-40-41-43-45-48-51-54-57-60-63-66-72(75)78-69-70(68-77-71(74)65-62-59-56-53-50-47-24-21-18-15-12-9-6-3)79-73(76)67-64-61-58-55-52-49-46-44-42-39-32-30-28-26-23-20-17-14-11-8-5-2/h7,10,16,19,21,23-27,30-33,35-36,38,40,42-45,70H,4-6,8-9,11-15,17-18,20,22,28-29,34,37,39,41,46-69H2,1-3H3/b10-7-,19-16-,24-21-,26-23-,27-25-,32-30-,33-31-,36-35-,40-38-,44-42-,45-43-. The maximum Gasteiger partial charge on any atom is 0.306 e. The normalized spacial score (nSPS) is 13.0. The number of unbranched alkanes of at least 4 members (excludes halogenated alkanes) is 25. The third-order valence-electron chi connectivity index (χ3n) is 13.6. The zero-order chi connectivity index (χ0) is 57.1. The highest BCUT2D eigenvalue weighted by Gasteiger charge is 2.19. The number of allylic oxidation sites excluding steroid dienone is 22. The molecule has 0 radical (unpaired) electrons. The Morgan fingerprint density at radius 1 is 0.266 bits per heavy atom. The van der Waals surface area contributed by atoms with Crippen molar-refractivity contribution in [3.63, 3.8) is 0 Å². The minimum absolute atomic E-state index is 0.0974. The molecule has 0 N–H and O–H groups in total. The molecule has 0 rings (SSSR count). The van der Waals surface area contributed by atoms with E-state index in [0.717, 1.165) is 161 Å². The molecule has 0 heterocycles. The SMILES string of the molecule is CC/C=C\C/C=C\C/C=C\C/C=C\C/C=C\C/C=C\C/C=C\CCCCCCCC(=O)OCC(COC(=O)CCCCCCC/C=C\CCCCCC)OC(=O)CCCCCCCC/C=C\C/C=C\C/C=C\CCCCCCC. The number of carbonyl (C=O) groups is 3. The maximum atomic E-state index is 12.9. The smallest absolute Gasteiger partial charge is 0.306 e. The second kappa shape index (κ2) is 66.1. The third-order valence-corrected chi connectivity index (χ3v) is 13.6. The summed E-state index contributed by atoms with van der Waals surface area (Å²) in [6, 6.07) is 0. The van der Waals surface area contributed by atoms with Crippen molar-refractivity contribution in [1.29, 1.82) is 0 Å². The molecule has 0 aromatic rings. The van der Waals surface area contributed by atoms with Gasteiger partial charge in [-0.1, -0.05) is 264 Å². The van der Waals surface area contributed by atoms with Crippen molar-refractivity contribution in [3.05, 3.63) is 134 Å². The number of rotatable bonds is 58. The van der Waals surface area contributed by atoms with Crippen LogP contribution in [0.2, 0.25) is 0 Å². The fourth-order valence-corrected chi connectivity index (χ4v) is 8.72. The summed E-state index contributed by atoms with van der Waals surface area (Å²) in [5, 5.41) is 0. The van der Waals surface area contributed by atoms with Gasteiger partial charge in [0, 0.05) is 19.3 Å². The predicted molar refractivity (Wildman–Crippen MR) is 343 cm³/mol. The molecule has 6 heteroatoms. The first-order chi connectivity index (χ1) is 39.0. The van der Waals surface area contributed by atoms with Gasteiger partial charge in [0.1, 0.15) is 13.2 Å². The van der Waals surface area contributed by atoms with E-state index in [0.29, 0.717) is 19.3 Å². The highest BCUT2D eigenvalue weighted by molar-refractivity contribution is 5.71. The fraction of sp³-hybridized carbons (Fsp3) is 0.658. The maximum absolute atomic E-state index is 12.9. The molecule has 0 aromatic heterocycles. The van der Waals surface area contributed by atoms with Gasteiger partial charge in [0.25, 0.3) is 0 Å². The Labute approximate surface area is 487 Å². The monoisotopic (exact) mass is 1090 g/mol. The van der Waals surface area contributed by atoms with Crippen LogP contribution in [0.4, 0.5) is 0 Å². The number of hydrogen-bond donors (Lipinski definition) is 0. The summed E-state index contributed by atoms with van der Waals surface area (Å²) < 4.78 is 16.9. The highest BCUT2D eigenvalue weighted by atomic mass is 16.6. The van der Waals surface area contributed by atoms with Crippen molar-refractivity contribution in [2.75, 3.05) is 13.2 Å². The van der Waals surface area contributed by atoms with E-state index in [9.17, 15) is 14.4 Å². The van der Waals surface area contributed by atoms with Crippen molar-refractivity contribution in [3.8, 4) is 0 Å². The average molecular weight is 1090 g/mol. The first-order valence-electron chi connectivity index (χ1n) is 32.7. The molecule has 1 atom stereocenters. The summed E-state index contributed by atoms with van der Waals surface area (Å²) in [5.41, 5.74) is 0. The van der Waals surface area contributed by atoms with Crippen molar-refractivity contribution in [2.45, 2.75) is 297 Å². The Hall–Kier alpha value is -4.45. The predicted octanol–water partition coefficient (Wildman–Crippen LogP) is 22.5. The summed E-state index contributed by atoms with van der Waals surface area (Å²) in [5.74, 6) is -0.936. The fourth-order valence-electron chi connectivity index (χ4n) is 8.72. The summed E-state index contributed by atoms with van der Waals surface area (Å²) in [4.78, 5) is 38.3. The van der Waals surface area contributed by atoms with Gasteiger partial charge in [0.15, 0.2) is 6.10 Å². The van der Waals surface area contributed by atoms with E-state index in [1.165, 1.54) is 89.9 Å². The summed E-state index contributed by atoms with van der Waals surface area (Å²) in [6.07, 6.45) is 93.1. The first-order valence-corrected chi connectivity index (χ1v) is 32.7. The quantitative estimate of drug-likeness (QED) is 0.0261. The van der Waals surface area contributed by atoms with E-state index >= 15 is 0 Å². The van der Waals surface area contributed by atoms with Gasteiger partial charge in [-0.3, -0.25) is 14.4 Å². The molecule has 0 saturated heterocycles. The Morgan fingerprint density at radius 3 is 0.797 bits per heavy atom. The van der Waals surface area contributed by atoms with E-state index in [1.54, 1.807) is 0 Å². The van der Waals surface area contributed by atoms with Crippen molar-refractivity contribution in [2.24, 2.45) is 0 Å². The molecule has 0 aliphatic carbocycles. The molecule has 0 aromatic carbocycles. The molecule has 0 amide bonds. The summed E-state index contributed by atoms with van der Waals surface area (Å²) in [6.45, 7) is 6.47. The lowest BCUT2D eigenvalue weighted by atomic mass is 10.1. The minimum atomic E-state index is -0.803. The van der Waals surface area contributed by atoms with Crippen molar-refractivity contribution < 1.29 is 28.6 Å². The Balaban J connectivity index is 4.43. The lowest BCUT2D eigenvalue weighted by Gasteiger charge is -2.18. The van der Waals surface area contributed by atoms with Crippen molar-refractivity contribution >= 4 is 17.9 Å². The van der Waals surface area contributed by atoms with Gasteiger partial charge in [-0.25, -0.2) is 0 Å². The van der Waals surface area contributed by atoms with E-state index in [1.807, 2.05) is 0 Å². The molecule has 0 aliphatic rings. The van der Waals surface area contributed by atoms with Crippen LogP contribution in [-0.2, 0) is 28.6 Å². The molecule has 448 valence electrons. The first kappa shape index (κ1) is 74.5. The van der Waals surface area contributed by atoms with Gasteiger partial charge in [-0.15, -0.1) is 0 Å². The van der Waals surface area contributed by atoms with E-state index < -0.39 is 6.10 Å². The molecule has 0 saturated carbocycles. The lowest BCUT2D eigenvalue weighted by molar-refractivity contribution is -0.167. The van der Waals surface area contributed by atoms with Crippen LogP contribution in [-0.4, -0.2) is 37.2 Å². The number of esters is 3. The van der Waals surface area contributed by atoms with E-state index in [4.69, 9.17) is 14.2 Å². The molecule has 0 bridgehead atoms. The Morgan fingerprint density at radius 2 is 0.494 bits per heavy atom. The largest absolute Gasteiger partial charge is 0.462 e. The van der Waals surface area contributed by atoms with Gasteiger partial charge < -0.3 is 14.2 Å². The van der Waals surface area contributed by atoms with Crippen LogP contribution in [0.1, 0.15) is 290 Å². The van der Waals surface area contributed by atoms with Crippen molar-refractivity contribution in [1.82, 2.24) is 0 Å². The van der Waals surface area contributed by atoms with Gasteiger partial charge in [-0.05, 0) is 141 Å². The van der Waals surface area contributed by atoms with Crippen LogP contribution >= 0.6 is 0 Å². The zero-order valence-corrected chi connectivity index (χ0v) is 51.3. The van der Waals surface area contributed by atoms with Crippen LogP contribution in [0.5, 0.6) is 0 Å².